The highest BCUT2D eigenvalue weighted by molar-refractivity contribution is 7.99. The van der Waals surface area contributed by atoms with Gasteiger partial charge in [0, 0.05) is 59.6 Å². The molecular formula is C24H22ClF4N3O2S. The zero-order valence-corrected chi connectivity index (χ0v) is 20.3. The van der Waals surface area contributed by atoms with Crippen molar-refractivity contribution < 1.29 is 27.1 Å². The molecule has 0 saturated carbocycles. The molecule has 4 rings (SSSR count). The van der Waals surface area contributed by atoms with Crippen LogP contribution in [0.5, 0.6) is 0 Å². The van der Waals surface area contributed by atoms with Crippen LogP contribution in [0.25, 0.3) is 0 Å². The fraction of sp³-hybridized carbons (Fsp3) is 0.333. The van der Waals surface area contributed by atoms with Crippen molar-refractivity contribution in [3.63, 3.8) is 0 Å². The lowest BCUT2D eigenvalue weighted by Crippen LogP contribution is -2.42. The first kappa shape index (κ1) is 25.5. The van der Waals surface area contributed by atoms with Crippen LogP contribution in [-0.2, 0) is 9.53 Å². The molecule has 2 aromatic rings. The van der Waals surface area contributed by atoms with Crippen LogP contribution in [0.1, 0.15) is 24.1 Å². The van der Waals surface area contributed by atoms with E-state index in [-0.39, 0.29) is 35.1 Å². The van der Waals surface area contributed by atoms with E-state index >= 15 is 0 Å². The number of nitrogens with one attached hydrogen (secondary N) is 1. The molecule has 0 bridgehead atoms. The van der Waals surface area contributed by atoms with Crippen molar-refractivity contribution in [1.82, 2.24) is 10.2 Å². The fourth-order valence-corrected chi connectivity index (χ4v) is 5.25. The zero-order valence-electron chi connectivity index (χ0n) is 18.7. The average Bonchev–Trinajstić information content (AvgIpc) is 2.79. The normalized spacial score (nSPS) is 18.8. The molecule has 0 aromatic heterocycles. The highest BCUT2D eigenvalue weighted by Crippen LogP contribution is 2.37. The van der Waals surface area contributed by atoms with Crippen LogP contribution in [0.4, 0.5) is 17.6 Å². The lowest BCUT2D eigenvalue weighted by molar-refractivity contribution is -0.139. The van der Waals surface area contributed by atoms with Gasteiger partial charge in [-0.15, -0.1) is 0 Å². The van der Waals surface area contributed by atoms with Crippen molar-refractivity contribution >= 4 is 35.2 Å². The Bertz CT molecular complexity index is 1180. The van der Waals surface area contributed by atoms with E-state index in [4.69, 9.17) is 16.3 Å². The number of aliphatic imine (C=N–C) groups is 1. The summed E-state index contributed by atoms with van der Waals surface area (Å²) in [6.07, 6.45) is 0. The summed E-state index contributed by atoms with van der Waals surface area (Å²) < 4.78 is 62.1. The molecule has 1 N–H and O–H groups in total. The van der Waals surface area contributed by atoms with E-state index < -0.39 is 40.8 Å². The first-order valence-corrected chi connectivity index (χ1v) is 12.5. The number of halogens is 5. The van der Waals surface area contributed by atoms with Crippen molar-refractivity contribution in [3.8, 4) is 0 Å². The van der Waals surface area contributed by atoms with E-state index in [0.717, 1.165) is 36.7 Å². The smallest absolute Gasteiger partial charge is 0.338 e. The first-order valence-electron chi connectivity index (χ1n) is 10.9. The quantitative estimate of drug-likeness (QED) is 0.430. The molecule has 0 spiro atoms. The lowest BCUT2D eigenvalue weighted by Gasteiger charge is -2.32. The van der Waals surface area contributed by atoms with Crippen molar-refractivity contribution in [2.45, 2.75) is 13.0 Å². The summed E-state index contributed by atoms with van der Waals surface area (Å²) in [5.41, 5.74) is 0.105. The maximum absolute atomic E-state index is 14.7. The minimum Gasteiger partial charge on any atom is -0.463 e. The van der Waals surface area contributed by atoms with E-state index in [1.807, 2.05) is 0 Å². The maximum Gasteiger partial charge on any atom is 0.338 e. The minimum atomic E-state index is -1.16. The number of benzene rings is 2. The van der Waals surface area contributed by atoms with E-state index in [0.29, 0.717) is 17.8 Å². The Hall–Kier alpha value is -2.56. The average molecular weight is 528 g/mol. The molecule has 186 valence electrons. The summed E-state index contributed by atoms with van der Waals surface area (Å²) in [6, 6.07) is 3.54. The SMILES string of the molecule is CCOC(=O)C1=C(CN2CCSCC2)NC(c2c(F)cc(F)cc2F)=NC1c1ccc(F)cc1Cl. The Kier molecular flexibility index (Phi) is 8.03. The number of thioether (sulfide) groups is 1. The second kappa shape index (κ2) is 11.0. The largest absolute Gasteiger partial charge is 0.463 e. The van der Waals surface area contributed by atoms with E-state index in [9.17, 15) is 22.4 Å². The van der Waals surface area contributed by atoms with Crippen LogP contribution in [0.2, 0.25) is 5.02 Å². The van der Waals surface area contributed by atoms with Crippen LogP contribution in [0, 0.1) is 23.3 Å². The molecule has 2 aromatic carbocycles. The van der Waals surface area contributed by atoms with Crippen molar-refractivity contribution in [3.05, 3.63) is 81.0 Å². The Balaban J connectivity index is 1.89. The Labute approximate surface area is 209 Å². The van der Waals surface area contributed by atoms with Crippen LogP contribution >= 0.6 is 23.4 Å². The van der Waals surface area contributed by atoms with Gasteiger partial charge in [-0.2, -0.15) is 11.8 Å². The molecule has 2 heterocycles. The maximum atomic E-state index is 14.7. The first-order chi connectivity index (χ1) is 16.8. The molecule has 0 radical (unpaired) electrons. The topological polar surface area (TPSA) is 53.9 Å². The van der Waals surface area contributed by atoms with Gasteiger partial charge in [0.05, 0.1) is 17.7 Å². The van der Waals surface area contributed by atoms with Crippen LogP contribution < -0.4 is 5.32 Å². The summed E-state index contributed by atoms with van der Waals surface area (Å²) >= 11 is 8.11. The molecule has 2 aliphatic heterocycles. The molecule has 1 fully saturated rings. The number of carbonyl (C=O) groups excluding carboxylic acids is 1. The molecule has 0 amide bonds. The summed E-state index contributed by atoms with van der Waals surface area (Å²) in [4.78, 5) is 19.6. The van der Waals surface area contributed by atoms with Gasteiger partial charge >= 0.3 is 5.97 Å². The van der Waals surface area contributed by atoms with Gasteiger partial charge in [-0.1, -0.05) is 17.7 Å². The third kappa shape index (κ3) is 5.65. The number of nitrogens with zero attached hydrogens (tertiary/aromatic N) is 2. The number of rotatable bonds is 6. The number of amidine groups is 1. The van der Waals surface area contributed by atoms with Gasteiger partial charge in [0.25, 0.3) is 0 Å². The molecule has 1 saturated heterocycles. The number of esters is 1. The molecule has 5 nitrogen and oxygen atoms in total. The monoisotopic (exact) mass is 527 g/mol. The highest BCUT2D eigenvalue weighted by atomic mass is 35.5. The summed E-state index contributed by atoms with van der Waals surface area (Å²) in [5, 5.41) is 2.88. The van der Waals surface area contributed by atoms with Crippen LogP contribution in [0.15, 0.2) is 46.6 Å². The highest BCUT2D eigenvalue weighted by Gasteiger charge is 2.35. The van der Waals surface area contributed by atoms with Crippen molar-refractivity contribution in [2.24, 2.45) is 4.99 Å². The number of hydrogen-bond donors (Lipinski definition) is 1. The predicted molar refractivity (Wildman–Crippen MR) is 128 cm³/mol. The van der Waals surface area contributed by atoms with E-state index in [1.54, 1.807) is 18.7 Å². The molecule has 35 heavy (non-hydrogen) atoms. The summed E-state index contributed by atoms with van der Waals surface area (Å²) in [7, 11) is 0. The van der Waals surface area contributed by atoms with Crippen LogP contribution in [0.3, 0.4) is 0 Å². The Morgan fingerprint density at radius 1 is 1.14 bits per heavy atom. The van der Waals surface area contributed by atoms with Gasteiger partial charge in [0.1, 0.15) is 35.1 Å². The zero-order chi connectivity index (χ0) is 25.1. The van der Waals surface area contributed by atoms with Gasteiger partial charge in [0.15, 0.2) is 0 Å². The third-order valence-electron chi connectivity index (χ3n) is 5.61. The van der Waals surface area contributed by atoms with Gasteiger partial charge in [-0.3, -0.25) is 9.89 Å². The molecule has 11 heteroatoms. The second-order valence-corrected chi connectivity index (χ2v) is 9.55. The molecule has 0 aliphatic carbocycles. The molecule has 1 atom stereocenters. The van der Waals surface area contributed by atoms with Gasteiger partial charge in [0.2, 0.25) is 0 Å². The summed E-state index contributed by atoms with van der Waals surface area (Å²) in [6.45, 7) is 3.44. The van der Waals surface area contributed by atoms with E-state index in [1.165, 1.54) is 6.07 Å². The minimum absolute atomic E-state index is 0.0180. The molecule has 1 unspecified atom stereocenters. The number of hydrogen-bond acceptors (Lipinski definition) is 6. The van der Waals surface area contributed by atoms with E-state index in [2.05, 4.69) is 15.2 Å². The molecular weight excluding hydrogens is 506 g/mol. The van der Waals surface area contributed by atoms with Gasteiger partial charge < -0.3 is 10.1 Å². The molecule has 2 aliphatic rings. The Morgan fingerprint density at radius 3 is 2.46 bits per heavy atom. The second-order valence-electron chi connectivity index (χ2n) is 7.92. The van der Waals surface area contributed by atoms with Gasteiger partial charge in [-0.25, -0.2) is 22.4 Å². The van der Waals surface area contributed by atoms with Gasteiger partial charge in [-0.05, 0) is 19.1 Å². The van der Waals surface area contributed by atoms with Crippen molar-refractivity contribution in [2.75, 3.05) is 37.7 Å². The van der Waals surface area contributed by atoms with Crippen LogP contribution in [-0.4, -0.2) is 54.5 Å². The Morgan fingerprint density at radius 2 is 1.83 bits per heavy atom. The van der Waals surface area contributed by atoms with Crippen molar-refractivity contribution in [1.29, 1.82) is 0 Å². The predicted octanol–water partition coefficient (Wildman–Crippen LogP) is 4.85. The summed E-state index contributed by atoms with van der Waals surface area (Å²) in [5.74, 6) is -3.15. The number of carbonyl (C=O) groups is 1. The standard InChI is InChI=1S/C24H22ClF4N3O2S/c1-2-34-24(33)21-19(12-32-5-7-35-8-6-32)30-23(20-17(28)10-14(27)11-18(20)29)31-22(21)15-4-3-13(26)9-16(15)25/h3-4,9-11,22H,2,5-8,12H2,1H3,(H,30,31). The lowest BCUT2D eigenvalue weighted by atomic mass is 9.94. The fourth-order valence-electron chi connectivity index (χ4n) is 4.00. The third-order valence-corrected chi connectivity index (χ3v) is 6.88. The number of ether oxygens (including phenoxy) is 1.